The molecule has 0 aliphatic carbocycles. The molecule has 0 bridgehead atoms. The van der Waals surface area contributed by atoms with Gasteiger partial charge in [-0.3, -0.25) is 4.79 Å². The number of phenols is 1. The second-order valence-corrected chi connectivity index (χ2v) is 6.37. The summed E-state index contributed by atoms with van der Waals surface area (Å²) >= 11 is 6.02. The molecule has 6 heteroatoms. The largest absolute Gasteiger partial charge is 0.508 e. The maximum Gasteiger partial charge on any atom is 0.232 e. The van der Waals surface area contributed by atoms with E-state index in [1.54, 1.807) is 48.7 Å². The van der Waals surface area contributed by atoms with Gasteiger partial charge in [0.15, 0.2) is 0 Å². The van der Waals surface area contributed by atoms with E-state index in [9.17, 15) is 9.90 Å². The van der Waals surface area contributed by atoms with E-state index < -0.39 is 6.29 Å². The van der Waals surface area contributed by atoms with Crippen LogP contribution < -0.4 is 10.1 Å². The van der Waals surface area contributed by atoms with Gasteiger partial charge in [-0.1, -0.05) is 24.9 Å². The van der Waals surface area contributed by atoms with E-state index in [4.69, 9.17) is 21.1 Å². The predicted octanol–water partition coefficient (Wildman–Crippen LogP) is 4.76. The summed E-state index contributed by atoms with van der Waals surface area (Å²) in [7, 11) is 0. The highest BCUT2D eigenvalue weighted by molar-refractivity contribution is 6.31. The lowest BCUT2D eigenvalue weighted by atomic mass is 10.00. The highest BCUT2D eigenvalue weighted by Crippen LogP contribution is 2.33. The molecule has 0 unspecified atom stereocenters. The van der Waals surface area contributed by atoms with E-state index in [2.05, 4.69) is 12.2 Å². The number of phenolic OH excluding ortho intramolecular Hbond substituents is 1. The van der Waals surface area contributed by atoms with Gasteiger partial charge in [0.1, 0.15) is 11.5 Å². The molecule has 2 N–H and O–H groups in total. The van der Waals surface area contributed by atoms with E-state index in [1.807, 2.05) is 0 Å². The van der Waals surface area contributed by atoms with Crippen LogP contribution in [0.2, 0.25) is 5.02 Å². The van der Waals surface area contributed by atoms with Crippen LogP contribution in [-0.4, -0.2) is 23.8 Å². The molecule has 0 saturated heterocycles. The topological polar surface area (TPSA) is 67.8 Å². The smallest absolute Gasteiger partial charge is 0.232 e. The number of Topliss-reactive ketones (excluding diaryl/α,β-unsaturated/α-hetero) is 1. The summed E-state index contributed by atoms with van der Waals surface area (Å²) in [6, 6.07) is 11.5. The van der Waals surface area contributed by atoms with Crippen molar-refractivity contribution in [1.29, 1.82) is 0 Å². The maximum atomic E-state index is 12.9. The lowest BCUT2D eigenvalue weighted by Crippen LogP contribution is -2.33. The third-order valence-electron chi connectivity index (χ3n) is 3.97. The van der Waals surface area contributed by atoms with Crippen molar-refractivity contribution in [3.8, 4) is 11.5 Å². The molecule has 0 saturated carbocycles. The molecule has 26 heavy (non-hydrogen) atoms. The van der Waals surface area contributed by atoms with Gasteiger partial charge in [0.25, 0.3) is 0 Å². The summed E-state index contributed by atoms with van der Waals surface area (Å²) in [6.07, 6.45) is 2.65. The van der Waals surface area contributed by atoms with Crippen molar-refractivity contribution in [2.24, 2.45) is 0 Å². The number of carbonyl (C=O) groups excluding carboxylic acids is 1. The third-order valence-corrected chi connectivity index (χ3v) is 4.20. The van der Waals surface area contributed by atoms with Crippen LogP contribution in [0.5, 0.6) is 11.5 Å². The van der Waals surface area contributed by atoms with E-state index >= 15 is 0 Å². The van der Waals surface area contributed by atoms with Gasteiger partial charge in [-0.2, -0.15) is 0 Å². The monoisotopic (exact) mass is 373 g/mol. The number of carbonyl (C=O) groups is 1. The summed E-state index contributed by atoms with van der Waals surface area (Å²) in [4.78, 5) is 12.9. The zero-order valence-corrected chi connectivity index (χ0v) is 15.1. The summed E-state index contributed by atoms with van der Waals surface area (Å²) in [5.41, 5.74) is 1.50. The van der Waals surface area contributed by atoms with Crippen molar-refractivity contribution in [3.05, 3.63) is 64.8 Å². The number of hydrogen-bond acceptors (Lipinski definition) is 5. The summed E-state index contributed by atoms with van der Waals surface area (Å²) < 4.78 is 11.7. The Bertz CT molecular complexity index is 817. The number of ether oxygens (including phenoxy) is 2. The van der Waals surface area contributed by atoms with Gasteiger partial charge in [-0.15, -0.1) is 0 Å². The standard InChI is InChI=1S/C20H20ClNO4/c1-2-3-10-25-20-17(12-22-14-5-7-15(23)8-6-14)19(24)16-11-13(21)4-9-18(16)26-20/h4-9,11-12,20,22-23H,2-3,10H2,1H3/b17-12-/t20-/m0/s1. The molecule has 0 radical (unpaired) electrons. The van der Waals surface area contributed by atoms with Gasteiger partial charge >= 0.3 is 0 Å². The molecule has 0 fully saturated rings. The van der Waals surface area contributed by atoms with Gasteiger partial charge in [0.2, 0.25) is 12.1 Å². The van der Waals surface area contributed by atoms with Crippen LogP contribution in [0.3, 0.4) is 0 Å². The molecule has 0 amide bonds. The molecule has 1 heterocycles. The first kappa shape index (κ1) is 18.3. The second-order valence-electron chi connectivity index (χ2n) is 5.93. The molecule has 1 aliphatic heterocycles. The quantitative estimate of drug-likeness (QED) is 0.434. The van der Waals surface area contributed by atoms with Crippen LogP contribution in [0.15, 0.2) is 54.2 Å². The zero-order chi connectivity index (χ0) is 18.5. The lowest BCUT2D eigenvalue weighted by molar-refractivity contribution is -0.0570. The van der Waals surface area contributed by atoms with Gasteiger partial charge in [0.05, 0.1) is 17.7 Å². The Balaban J connectivity index is 1.87. The van der Waals surface area contributed by atoms with Gasteiger partial charge in [-0.25, -0.2) is 0 Å². The van der Waals surface area contributed by atoms with Crippen molar-refractivity contribution in [3.63, 3.8) is 0 Å². The fraction of sp³-hybridized carbons (Fsp3) is 0.250. The molecule has 2 aromatic carbocycles. The number of halogens is 1. The predicted molar refractivity (Wildman–Crippen MR) is 101 cm³/mol. The number of fused-ring (bicyclic) bond motifs is 1. The van der Waals surface area contributed by atoms with Gasteiger partial charge < -0.3 is 19.9 Å². The fourth-order valence-corrected chi connectivity index (χ4v) is 2.71. The molecule has 5 nitrogen and oxygen atoms in total. The number of nitrogens with one attached hydrogen (secondary N) is 1. The van der Waals surface area contributed by atoms with Crippen LogP contribution in [0.4, 0.5) is 5.69 Å². The van der Waals surface area contributed by atoms with Crippen LogP contribution in [0, 0.1) is 0 Å². The highest BCUT2D eigenvalue weighted by Gasteiger charge is 2.32. The van der Waals surface area contributed by atoms with E-state index in [0.717, 1.165) is 18.5 Å². The molecular weight excluding hydrogens is 354 g/mol. The van der Waals surface area contributed by atoms with Crippen LogP contribution >= 0.6 is 11.6 Å². The molecule has 136 valence electrons. The molecule has 0 aromatic heterocycles. The van der Waals surface area contributed by atoms with E-state index in [0.29, 0.717) is 28.5 Å². The molecule has 1 aliphatic rings. The Hall–Kier alpha value is -2.50. The average molecular weight is 374 g/mol. The zero-order valence-electron chi connectivity index (χ0n) is 14.4. The van der Waals surface area contributed by atoms with Gasteiger partial charge in [0, 0.05) is 16.9 Å². The van der Waals surface area contributed by atoms with Crippen molar-refractivity contribution in [1.82, 2.24) is 0 Å². The van der Waals surface area contributed by atoms with Crippen molar-refractivity contribution in [2.75, 3.05) is 11.9 Å². The summed E-state index contributed by atoms with van der Waals surface area (Å²) in [6.45, 7) is 2.56. The minimum atomic E-state index is -0.785. The maximum absolute atomic E-state index is 12.9. The Morgan fingerprint density at radius 1 is 1.27 bits per heavy atom. The Morgan fingerprint density at radius 3 is 2.77 bits per heavy atom. The Labute approximate surface area is 157 Å². The molecule has 2 aromatic rings. The number of hydrogen-bond donors (Lipinski definition) is 2. The molecule has 3 rings (SSSR count). The van der Waals surface area contributed by atoms with Gasteiger partial charge in [-0.05, 0) is 48.9 Å². The molecule has 0 spiro atoms. The lowest BCUT2D eigenvalue weighted by Gasteiger charge is -2.27. The first-order valence-electron chi connectivity index (χ1n) is 8.46. The Morgan fingerprint density at radius 2 is 2.04 bits per heavy atom. The highest BCUT2D eigenvalue weighted by atomic mass is 35.5. The number of rotatable bonds is 6. The SMILES string of the molecule is CCCCO[C@H]1Oc2ccc(Cl)cc2C(=O)/C1=C/Nc1ccc(O)cc1. The second kappa shape index (κ2) is 8.25. The van der Waals surface area contributed by atoms with Crippen molar-refractivity contribution < 1.29 is 19.4 Å². The van der Waals surface area contributed by atoms with E-state index in [1.165, 1.54) is 0 Å². The number of aromatic hydroxyl groups is 1. The number of anilines is 1. The van der Waals surface area contributed by atoms with Crippen molar-refractivity contribution >= 4 is 23.1 Å². The van der Waals surface area contributed by atoms with Crippen LogP contribution in [0.1, 0.15) is 30.1 Å². The van der Waals surface area contributed by atoms with Crippen LogP contribution in [-0.2, 0) is 4.74 Å². The summed E-state index contributed by atoms with van der Waals surface area (Å²) in [5, 5.41) is 12.9. The number of unbranched alkanes of at least 4 members (excludes halogenated alkanes) is 1. The number of ketones is 1. The number of benzene rings is 2. The molecular formula is C20H20ClNO4. The van der Waals surface area contributed by atoms with E-state index in [-0.39, 0.29) is 11.5 Å². The minimum Gasteiger partial charge on any atom is -0.508 e. The minimum absolute atomic E-state index is 0.171. The summed E-state index contributed by atoms with van der Waals surface area (Å²) in [5.74, 6) is 0.439. The fourth-order valence-electron chi connectivity index (χ4n) is 2.53. The average Bonchev–Trinajstić information content (AvgIpc) is 2.63. The van der Waals surface area contributed by atoms with Crippen molar-refractivity contribution in [2.45, 2.75) is 26.1 Å². The normalized spacial score (nSPS) is 17.7. The third kappa shape index (κ3) is 4.18. The molecule has 1 atom stereocenters. The van der Waals surface area contributed by atoms with Crippen LogP contribution in [0.25, 0.3) is 0 Å². The first-order chi connectivity index (χ1) is 12.6. The first-order valence-corrected chi connectivity index (χ1v) is 8.84. The Kier molecular flexibility index (Phi) is 5.81.